The lowest BCUT2D eigenvalue weighted by Crippen LogP contribution is -2.19. The monoisotopic (exact) mass is 468 g/mol. The van der Waals surface area contributed by atoms with Gasteiger partial charge in [-0.15, -0.1) is 11.3 Å². The third-order valence-electron chi connectivity index (χ3n) is 6.20. The van der Waals surface area contributed by atoms with E-state index in [0.29, 0.717) is 12.3 Å². The van der Waals surface area contributed by atoms with Gasteiger partial charge in [-0.3, -0.25) is 4.79 Å². The van der Waals surface area contributed by atoms with Crippen LogP contribution in [-0.4, -0.2) is 20.0 Å². The number of carbonyl (C=O) groups is 1. The first kappa shape index (κ1) is 23.8. The fourth-order valence-corrected chi connectivity index (χ4v) is 5.50. The van der Waals surface area contributed by atoms with Crippen molar-refractivity contribution in [2.75, 3.05) is 18.5 Å². The summed E-state index contributed by atoms with van der Waals surface area (Å²) in [5.41, 5.74) is 9.57. The van der Waals surface area contributed by atoms with Gasteiger partial charge in [0.1, 0.15) is 0 Å². The molecule has 0 aliphatic carbocycles. The van der Waals surface area contributed by atoms with Gasteiger partial charge in [0.25, 0.3) is 0 Å². The van der Waals surface area contributed by atoms with Gasteiger partial charge in [-0.05, 0) is 69.3 Å². The van der Waals surface area contributed by atoms with Crippen LogP contribution in [0.15, 0.2) is 84.2 Å². The van der Waals surface area contributed by atoms with Crippen LogP contribution in [0.1, 0.15) is 36.5 Å². The number of rotatable bonds is 6. The molecule has 1 N–H and O–H groups in total. The smallest absolute Gasteiger partial charge is 0.206 e. The highest BCUT2D eigenvalue weighted by Crippen LogP contribution is 2.36. The van der Waals surface area contributed by atoms with E-state index in [1.807, 2.05) is 11.3 Å². The lowest BCUT2D eigenvalue weighted by atomic mass is 9.97. The molecular formula is C30H32N2OS. The molecule has 1 aromatic heterocycles. The average molecular weight is 469 g/mol. The van der Waals surface area contributed by atoms with E-state index in [2.05, 4.69) is 108 Å². The van der Waals surface area contributed by atoms with Crippen LogP contribution in [0.25, 0.3) is 21.6 Å². The molecule has 0 atom stereocenters. The lowest BCUT2D eigenvalue weighted by Gasteiger charge is -2.19. The maximum absolute atomic E-state index is 9.06. The van der Waals surface area contributed by atoms with Gasteiger partial charge in [-0.2, -0.15) is 0 Å². The zero-order valence-corrected chi connectivity index (χ0v) is 20.9. The fraction of sp³-hybridized carbons (Fsp3) is 0.233. The molecule has 0 bridgehead atoms. The Labute approximate surface area is 207 Å². The molecule has 0 saturated carbocycles. The number of benzene rings is 3. The molecule has 3 aromatic carbocycles. The first-order valence-corrected chi connectivity index (χ1v) is 12.7. The highest BCUT2D eigenvalue weighted by molar-refractivity contribution is 7.13. The van der Waals surface area contributed by atoms with Gasteiger partial charge < -0.3 is 10.2 Å². The summed E-state index contributed by atoms with van der Waals surface area (Å²) in [6, 6.07) is 29.1. The van der Waals surface area contributed by atoms with Gasteiger partial charge >= 0.3 is 0 Å². The van der Waals surface area contributed by atoms with E-state index >= 15 is 0 Å². The van der Waals surface area contributed by atoms with E-state index < -0.39 is 0 Å². The number of para-hydroxylation sites is 1. The number of thiophene rings is 1. The molecule has 0 unspecified atom stereocenters. The molecule has 34 heavy (non-hydrogen) atoms. The van der Waals surface area contributed by atoms with Crippen molar-refractivity contribution in [3.63, 3.8) is 0 Å². The van der Waals surface area contributed by atoms with Crippen LogP contribution in [-0.2, 0) is 17.8 Å². The predicted molar refractivity (Wildman–Crippen MR) is 146 cm³/mol. The fourth-order valence-electron chi connectivity index (χ4n) is 4.44. The molecule has 4 aromatic rings. The quantitative estimate of drug-likeness (QED) is 0.305. The van der Waals surface area contributed by atoms with Crippen LogP contribution in [0, 0.1) is 0 Å². The molecule has 0 fully saturated rings. The van der Waals surface area contributed by atoms with E-state index in [4.69, 9.17) is 4.79 Å². The Morgan fingerprint density at radius 2 is 1.68 bits per heavy atom. The summed E-state index contributed by atoms with van der Waals surface area (Å²) in [5.74, 6) is 0.546. The zero-order valence-electron chi connectivity index (χ0n) is 20.1. The standard InChI is InChI=1S/C28H27NS.C2H5NO/c1-20(2)26-15-17-30-28(26)25-8-5-7-24(18-25)22-12-10-21(11-13-22)19-29-16-14-23-6-3-4-9-27(23)29;1-3-2-4/h3-13,15,17-18,20H,14,16,19H2,1-2H3;2H,1H3,(H,3,4). The molecule has 1 aliphatic rings. The van der Waals surface area contributed by atoms with Crippen LogP contribution < -0.4 is 10.2 Å². The van der Waals surface area contributed by atoms with E-state index in [-0.39, 0.29) is 0 Å². The lowest BCUT2D eigenvalue weighted by molar-refractivity contribution is -0.109. The van der Waals surface area contributed by atoms with Crippen molar-refractivity contribution in [3.05, 3.63) is 101 Å². The second kappa shape index (κ2) is 11.2. The number of nitrogens with zero attached hydrogens (tertiary/aromatic N) is 1. The maximum Gasteiger partial charge on any atom is 0.206 e. The summed E-state index contributed by atoms with van der Waals surface area (Å²) in [5, 5.41) is 4.46. The van der Waals surface area contributed by atoms with Crippen molar-refractivity contribution < 1.29 is 4.79 Å². The summed E-state index contributed by atoms with van der Waals surface area (Å²) >= 11 is 1.84. The Balaban J connectivity index is 0.000000636. The molecule has 2 heterocycles. The van der Waals surface area contributed by atoms with Gasteiger partial charge in [0.05, 0.1) is 0 Å². The molecule has 5 rings (SSSR count). The van der Waals surface area contributed by atoms with Crippen molar-refractivity contribution in [2.24, 2.45) is 0 Å². The number of hydrogen-bond donors (Lipinski definition) is 1. The Morgan fingerprint density at radius 3 is 2.41 bits per heavy atom. The van der Waals surface area contributed by atoms with Crippen molar-refractivity contribution in [3.8, 4) is 21.6 Å². The summed E-state index contributed by atoms with van der Waals surface area (Å²) < 4.78 is 0. The Morgan fingerprint density at radius 1 is 0.941 bits per heavy atom. The SMILES string of the molecule is CC(C)c1ccsc1-c1cccc(-c2ccc(CN3CCc4ccccc43)cc2)c1.CNC=O. The van der Waals surface area contributed by atoms with Crippen molar-refractivity contribution >= 4 is 23.4 Å². The van der Waals surface area contributed by atoms with Gasteiger partial charge in [0.15, 0.2) is 0 Å². The largest absolute Gasteiger partial charge is 0.367 e. The van der Waals surface area contributed by atoms with Gasteiger partial charge in [0, 0.05) is 30.7 Å². The minimum atomic E-state index is 0.546. The summed E-state index contributed by atoms with van der Waals surface area (Å²) in [6.45, 7) is 6.63. The Bertz CT molecular complexity index is 1230. The second-order valence-corrected chi connectivity index (χ2v) is 9.76. The van der Waals surface area contributed by atoms with Crippen LogP contribution in [0.2, 0.25) is 0 Å². The van der Waals surface area contributed by atoms with Crippen molar-refractivity contribution in [1.82, 2.24) is 5.32 Å². The number of carbonyl (C=O) groups excluding carboxylic acids is 1. The Kier molecular flexibility index (Phi) is 7.81. The minimum absolute atomic E-state index is 0.546. The van der Waals surface area contributed by atoms with Crippen LogP contribution >= 0.6 is 11.3 Å². The number of anilines is 1. The van der Waals surface area contributed by atoms with Crippen LogP contribution in [0.3, 0.4) is 0 Å². The van der Waals surface area contributed by atoms with Gasteiger partial charge in [-0.1, -0.05) is 74.5 Å². The molecule has 0 spiro atoms. The zero-order chi connectivity index (χ0) is 23.9. The number of amides is 1. The van der Waals surface area contributed by atoms with Gasteiger partial charge in [-0.25, -0.2) is 0 Å². The normalized spacial score (nSPS) is 12.2. The summed E-state index contributed by atoms with van der Waals surface area (Å²) in [7, 11) is 1.56. The number of fused-ring (bicyclic) bond motifs is 1. The van der Waals surface area contributed by atoms with E-state index in [1.54, 1.807) is 7.05 Å². The highest BCUT2D eigenvalue weighted by atomic mass is 32.1. The van der Waals surface area contributed by atoms with Crippen LogP contribution in [0.4, 0.5) is 5.69 Å². The third kappa shape index (κ3) is 5.40. The first-order chi connectivity index (χ1) is 16.6. The molecular weight excluding hydrogens is 436 g/mol. The van der Waals surface area contributed by atoms with Crippen molar-refractivity contribution in [1.29, 1.82) is 0 Å². The maximum atomic E-state index is 9.06. The predicted octanol–water partition coefficient (Wildman–Crippen LogP) is 7.13. The molecule has 0 saturated heterocycles. The molecule has 1 aliphatic heterocycles. The Hall–Kier alpha value is -3.37. The minimum Gasteiger partial charge on any atom is -0.367 e. The van der Waals surface area contributed by atoms with Crippen molar-refractivity contribution in [2.45, 2.75) is 32.7 Å². The average Bonchev–Trinajstić information content (AvgIpc) is 3.53. The number of nitrogens with one attached hydrogen (secondary N) is 1. The first-order valence-electron chi connectivity index (χ1n) is 11.8. The topological polar surface area (TPSA) is 32.3 Å². The third-order valence-corrected chi connectivity index (χ3v) is 7.18. The highest BCUT2D eigenvalue weighted by Gasteiger charge is 2.18. The van der Waals surface area contributed by atoms with Crippen LogP contribution in [0.5, 0.6) is 0 Å². The van der Waals surface area contributed by atoms with E-state index in [0.717, 1.165) is 19.5 Å². The van der Waals surface area contributed by atoms with E-state index in [1.165, 1.54) is 43.9 Å². The molecule has 1 amide bonds. The summed E-state index contributed by atoms with van der Waals surface area (Å²) in [4.78, 5) is 13.0. The molecule has 174 valence electrons. The van der Waals surface area contributed by atoms with E-state index in [9.17, 15) is 0 Å². The molecule has 3 nitrogen and oxygen atoms in total. The molecule has 4 heteroatoms. The van der Waals surface area contributed by atoms with Gasteiger partial charge in [0.2, 0.25) is 6.41 Å². The number of hydrogen-bond acceptors (Lipinski definition) is 3. The second-order valence-electron chi connectivity index (χ2n) is 8.84. The summed E-state index contributed by atoms with van der Waals surface area (Å²) in [6.07, 6.45) is 1.78. The molecule has 0 radical (unpaired) electrons.